The van der Waals surface area contributed by atoms with Gasteiger partial charge in [-0.3, -0.25) is 24.0 Å². The van der Waals surface area contributed by atoms with Gasteiger partial charge in [0.05, 0.1) is 11.1 Å². The van der Waals surface area contributed by atoms with Gasteiger partial charge in [-0.25, -0.2) is 4.79 Å². The van der Waals surface area contributed by atoms with E-state index in [9.17, 15) is 39.0 Å². The number of H-pyrrole nitrogens is 1. The molecule has 16 heteroatoms. The van der Waals surface area contributed by atoms with Gasteiger partial charge >= 0.3 is 5.97 Å². The lowest BCUT2D eigenvalue weighted by molar-refractivity contribution is -0.142. The van der Waals surface area contributed by atoms with Gasteiger partial charge < -0.3 is 46.5 Å². The number of nitrogens with one attached hydrogen (secondary N) is 6. The van der Waals surface area contributed by atoms with Crippen molar-refractivity contribution in [1.29, 1.82) is 0 Å². The number of fused-ring (bicyclic) bond motifs is 3. The van der Waals surface area contributed by atoms with Crippen molar-refractivity contribution in [2.45, 2.75) is 101 Å². The molecule has 2 aliphatic heterocycles. The first-order chi connectivity index (χ1) is 22.7. The summed E-state index contributed by atoms with van der Waals surface area (Å²) in [5.41, 5.74) is 1.32. The molecule has 7 atom stereocenters. The average molecular weight is 689 g/mol. The summed E-state index contributed by atoms with van der Waals surface area (Å²) in [7, 11) is 0. The number of carbonyl (C=O) groups is 6. The lowest BCUT2D eigenvalue weighted by Crippen LogP contribution is -2.60. The molecule has 0 spiro atoms. The summed E-state index contributed by atoms with van der Waals surface area (Å²) in [5.74, 6) is -5.08. The molecular formula is C32H44N6O9S. The monoisotopic (exact) mass is 688 g/mol. The summed E-state index contributed by atoms with van der Waals surface area (Å²) in [6.07, 6.45) is -0.770. The van der Waals surface area contributed by atoms with E-state index in [4.69, 9.17) is 4.74 Å². The number of thioether (sulfide) groups is 1. The number of aromatic amines is 1. The number of carboxylic acid groups (broad SMARTS) is 1. The highest BCUT2D eigenvalue weighted by Crippen LogP contribution is 2.31. The molecule has 1 aromatic carbocycles. The number of aliphatic hydroxyl groups excluding tert-OH is 1. The van der Waals surface area contributed by atoms with Crippen molar-refractivity contribution in [1.82, 2.24) is 31.6 Å². The predicted octanol–water partition coefficient (Wildman–Crippen LogP) is -0.0495. The highest BCUT2D eigenvalue weighted by molar-refractivity contribution is 7.99. The fourth-order valence-electron chi connectivity index (χ4n) is 5.60. The van der Waals surface area contributed by atoms with Crippen molar-refractivity contribution in [2.24, 2.45) is 5.92 Å². The maximum absolute atomic E-state index is 14.0. The highest BCUT2D eigenvalue weighted by Gasteiger charge is 2.35. The molecule has 0 aliphatic carbocycles. The van der Waals surface area contributed by atoms with E-state index >= 15 is 0 Å². The van der Waals surface area contributed by atoms with Crippen LogP contribution < -0.4 is 26.6 Å². The Morgan fingerprint density at radius 2 is 1.73 bits per heavy atom. The molecule has 1 aromatic heterocycles. The zero-order chi connectivity index (χ0) is 35.1. The fraction of sp³-hybridized carbons (Fsp3) is 0.562. The number of carbonyl (C=O) groups excluding carboxylic acids is 5. The van der Waals surface area contributed by atoms with E-state index < -0.39 is 77.9 Å². The lowest BCUT2D eigenvalue weighted by Gasteiger charge is -2.27. The minimum atomic E-state index is -1.52. The van der Waals surface area contributed by atoms with Crippen LogP contribution in [0.15, 0.2) is 29.3 Å². The molecule has 3 heterocycles. The Kier molecular flexibility index (Phi) is 12.5. The third-order valence-electron chi connectivity index (χ3n) is 8.20. The van der Waals surface area contributed by atoms with Crippen molar-refractivity contribution in [2.75, 3.05) is 12.4 Å². The number of aliphatic carboxylic acids is 1. The highest BCUT2D eigenvalue weighted by atomic mass is 32.2. The van der Waals surface area contributed by atoms with Crippen molar-refractivity contribution in [3.63, 3.8) is 0 Å². The largest absolute Gasteiger partial charge is 0.480 e. The average Bonchev–Trinajstić information content (AvgIpc) is 3.68. The molecular weight excluding hydrogens is 644 g/mol. The first-order valence-electron chi connectivity index (χ1n) is 16.0. The van der Waals surface area contributed by atoms with Crippen molar-refractivity contribution in [3.05, 3.63) is 29.8 Å². The summed E-state index contributed by atoms with van der Waals surface area (Å²) in [6.45, 7) is 6.78. The molecule has 8 N–H and O–H groups in total. The van der Waals surface area contributed by atoms with Crippen LogP contribution in [0.1, 0.15) is 52.5 Å². The van der Waals surface area contributed by atoms with Crippen LogP contribution in [0.25, 0.3) is 10.9 Å². The Morgan fingerprint density at radius 3 is 2.38 bits per heavy atom. The van der Waals surface area contributed by atoms with Crippen LogP contribution in [0.3, 0.4) is 0 Å². The molecule has 1 saturated heterocycles. The molecule has 0 unspecified atom stereocenters. The molecule has 0 radical (unpaired) electrons. The molecule has 1 fully saturated rings. The van der Waals surface area contributed by atoms with Crippen molar-refractivity contribution < 1.29 is 43.7 Å². The quantitative estimate of drug-likeness (QED) is 0.202. The number of ether oxygens (including phenoxy) is 1. The molecule has 262 valence electrons. The SMILES string of the molecule is CC(C)C[C@@H]1NC(=O)[C@@H](NC(=O)[C@@H]2CCCO2)Cc2c([nH]c3ccccc23)SC[C@@H](C(=O)O)NC(=O)[C@H]([C@@H](C)O)NC(=O)[C@@H](C)NC1=O. The van der Waals surface area contributed by atoms with Crippen LogP contribution >= 0.6 is 11.8 Å². The van der Waals surface area contributed by atoms with Gasteiger partial charge in [-0.1, -0.05) is 32.0 Å². The van der Waals surface area contributed by atoms with Gasteiger partial charge in [-0.05, 0) is 50.7 Å². The maximum Gasteiger partial charge on any atom is 0.327 e. The third-order valence-corrected chi connectivity index (χ3v) is 9.34. The van der Waals surface area contributed by atoms with Gasteiger partial charge in [-0.2, -0.15) is 0 Å². The van der Waals surface area contributed by atoms with E-state index in [-0.39, 0.29) is 24.5 Å². The van der Waals surface area contributed by atoms with Gasteiger partial charge in [0.2, 0.25) is 29.5 Å². The van der Waals surface area contributed by atoms with Crippen LogP contribution in [0.2, 0.25) is 0 Å². The standard InChI is InChI=1S/C32H44N6O9S/c1-15(2)12-21-27(41)33-16(3)26(40)38-25(17(4)39)30(44)36-23(32(45)46)14-48-31-19(18-8-5-6-9-20(18)37-31)13-22(28(42)34-21)35-29(43)24-10-7-11-47-24/h5-6,8-9,15-17,21-25,37,39H,7,10-14H2,1-4H3,(H,33,41)(H,34,42)(H,35,43)(H,36,44)(H,38,40)(H,45,46)/t16-,17-,21+,22+,23+,24+,25+/m1/s1. The van der Waals surface area contributed by atoms with E-state index in [2.05, 4.69) is 31.6 Å². The van der Waals surface area contributed by atoms with Gasteiger partial charge in [0.1, 0.15) is 36.3 Å². The van der Waals surface area contributed by atoms with Gasteiger partial charge in [0, 0.05) is 29.7 Å². The number of carboxylic acids is 1. The predicted molar refractivity (Wildman–Crippen MR) is 176 cm³/mol. The molecule has 0 saturated carbocycles. The maximum atomic E-state index is 14.0. The van der Waals surface area contributed by atoms with E-state index in [1.165, 1.54) is 13.8 Å². The van der Waals surface area contributed by atoms with Crippen LogP contribution in [-0.4, -0.2) is 105 Å². The van der Waals surface area contributed by atoms with Crippen molar-refractivity contribution >= 4 is 58.2 Å². The zero-order valence-electron chi connectivity index (χ0n) is 27.3. The molecule has 4 rings (SSSR count). The van der Waals surface area contributed by atoms with E-state index in [1.807, 2.05) is 38.1 Å². The topological polar surface area (TPSA) is 228 Å². The summed E-state index contributed by atoms with van der Waals surface area (Å²) >= 11 is 1.09. The van der Waals surface area contributed by atoms with Gasteiger partial charge in [-0.15, -0.1) is 11.8 Å². The van der Waals surface area contributed by atoms with Crippen LogP contribution in [0.4, 0.5) is 0 Å². The molecule has 2 aromatic rings. The molecule has 15 nitrogen and oxygen atoms in total. The van der Waals surface area contributed by atoms with Gasteiger partial charge in [0.25, 0.3) is 0 Å². The number of rotatable bonds is 6. The van der Waals surface area contributed by atoms with E-state index in [0.29, 0.717) is 35.6 Å². The Bertz CT molecular complexity index is 1520. The van der Waals surface area contributed by atoms with Gasteiger partial charge in [0.15, 0.2) is 0 Å². The fourth-order valence-corrected chi connectivity index (χ4v) is 6.71. The third kappa shape index (κ3) is 9.26. The van der Waals surface area contributed by atoms with E-state index in [1.54, 1.807) is 0 Å². The number of aromatic nitrogens is 1. The Balaban J connectivity index is 1.77. The Morgan fingerprint density at radius 1 is 1.00 bits per heavy atom. The number of hydrogen-bond acceptors (Lipinski definition) is 9. The Hall–Kier alpha value is -4.15. The molecule has 2 aliphatic rings. The summed E-state index contributed by atoms with van der Waals surface area (Å²) < 4.78 is 5.55. The zero-order valence-corrected chi connectivity index (χ0v) is 28.1. The molecule has 5 amide bonds. The second kappa shape index (κ2) is 16.3. The number of para-hydroxylation sites is 1. The first kappa shape index (κ1) is 36.7. The first-order valence-corrected chi connectivity index (χ1v) is 17.0. The summed E-state index contributed by atoms with van der Waals surface area (Å²) in [5, 5.41) is 34.4. The van der Waals surface area contributed by atoms with Crippen LogP contribution in [0, 0.1) is 5.92 Å². The normalized spacial score (nSPS) is 27.1. The number of benzene rings is 1. The van der Waals surface area contributed by atoms with Crippen LogP contribution in [0.5, 0.6) is 0 Å². The molecule has 0 bridgehead atoms. The smallest absolute Gasteiger partial charge is 0.327 e. The second-order valence-electron chi connectivity index (χ2n) is 12.6. The van der Waals surface area contributed by atoms with Crippen molar-refractivity contribution in [3.8, 4) is 0 Å². The second-order valence-corrected chi connectivity index (χ2v) is 13.6. The lowest BCUT2D eigenvalue weighted by atomic mass is 10.00. The minimum absolute atomic E-state index is 0.0281. The summed E-state index contributed by atoms with van der Waals surface area (Å²) in [6, 6.07) is 0.848. The molecule has 48 heavy (non-hydrogen) atoms. The number of hydrogen-bond donors (Lipinski definition) is 8. The number of amides is 5. The summed E-state index contributed by atoms with van der Waals surface area (Å²) in [4.78, 5) is 82.5. The minimum Gasteiger partial charge on any atom is -0.480 e. The Labute approximate surface area is 282 Å². The van der Waals surface area contributed by atoms with Crippen LogP contribution in [-0.2, 0) is 39.9 Å². The number of aliphatic hydroxyl groups is 1. The van der Waals surface area contributed by atoms with E-state index in [0.717, 1.165) is 17.1 Å².